The molecule has 2 saturated carbocycles. The van der Waals surface area contributed by atoms with Gasteiger partial charge in [-0.25, -0.2) is 14.2 Å². The van der Waals surface area contributed by atoms with E-state index in [1.54, 1.807) is 141 Å². The van der Waals surface area contributed by atoms with Gasteiger partial charge in [0.05, 0.1) is 43.0 Å². The van der Waals surface area contributed by atoms with E-state index < -0.39 is 128 Å². The molecule has 4 N–H and O–H groups in total. The number of fused-ring (bicyclic) bond motifs is 5. The van der Waals surface area contributed by atoms with Crippen molar-refractivity contribution >= 4 is 37.4 Å². The Labute approximate surface area is 541 Å². The smallest absolute Gasteiger partial charge is 0.455 e. The quantitative estimate of drug-likeness (QED) is 0.0203. The summed E-state index contributed by atoms with van der Waals surface area (Å²) in [6.45, 7) is 5.52. The summed E-state index contributed by atoms with van der Waals surface area (Å²) in [6.07, 6.45) is -10.7. The molecular formula is C60H64Ac2NO17P. The second-order valence-corrected chi connectivity index (χ2v) is 22.8. The van der Waals surface area contributed by atoms with E-state index in [0.29, 0.717) is 16.7 Å². The van der Waals surface area contributed by atoms with Crippen LogP contribution in [-0.2, 0) is 69.4 Å². The van der Waals surface area contributed by atoms with Crippen molar-refractivity contribution in [3.05, 3.63) is 191 Å². The van der Waals surface area contributed by atoms with Crippen molar-refractivity contribution in [3.8, 4) is 0 Å². The number of ketones is 1. The number of carbonyl (C=O) groups is 5. The molecule has 1 aliphatic heterocycles. The van der Waals surface area contributed by atoms with E-state index in [1.165, 1.54) is 26.0 Å². The Morgan fingerprint density at radius 1 is 0.741 bits per heavy atom. The van der Waals surface area contributed by atoms with Gasteiger partial charge in [0.15, 0.2) is 12.6 Å². The number of amides is 1. The Balaban J connectivity index is 0.00000473. The Bertz CT molecular complexity index is 3060. The van der Waals surface area contributed by atoms with Crippen LogP contribution in [0.3, 0.4) is 0 Å². The largest absolute Gasteiger partial charge is 0.477 e. The minimum atomic E-state index is -4.49. The molecule has 1 heterocycles. The number of Topliss-reactive ketones (excluding diaryl/α,β-unsaturated/α-hetero) is 1. The van der Waals surface area contributed by atoms with Gasteiger partial charge in [-0.15, -0.1) is 0 Å². The SMILES string of the molecule is CC(=O)OC(C(=O)OC1CC2(O)C(OC(=O)c3ccccc3)C3[C@]4(O)COC4CC(OCOP(=O)(OCc4ccccc4)OCc4ccccc4)[C@@]3(C)C(=O)C(O)C(=C1C)C2(C)C)C(NC(=O)c1ccccc1)c1ccccc1.[Ac].[Ac]. The summed E-state index contributed by atoms with van der Waals surface area (Å²) in [5.74, 6) is -6.25. The number of nitrogens with one attached hydrogen (secondary N) is 1. The van der Waals surface area contributed by atoms with Crippen LogP contribution < -0.4 is 5.32 Å². The van der Waals surface area contributed by atoms with Crippen molar-refractivity contribution < 1.29 is 169 Å². The molecule has 5 aromatic carbocycles. The topological polar surface area (TPSA) is 249 Å². The fraction of sp³-hybridized carbons (Fsp3) is 0.383. The Morgan fingerprint density at radius 2 is 1.26 bits per heavy atom. The standard InChI is InChI=1S/C60H64NO17P.2Ac/c1-37-44(77-56(67)50(76-38(2)62)48(41-25-15-8-16-26-41)61-54(65)42-27-17-9-18-28-42)32-60(69)53(78-55(66)43-29-19-10-20-30-43)51-58(5,52(64)49(63)47(37)57(60,3)4)45(31-46-59(51,68)35-71-46)72-36-75-79(70,73-33-39-21-11-6-12-22-39)74-34-40-23-13-7-14-24-40;;/h6-30,44-46,48-51,53,63,68-69H,31-36H2,1-5H3,(H,61,65);;/t44?,45?,46?,48?,49?,50?,51?,53?,58-,59+,60?;;/m1../s1. The van der Waals surface area contributed by atoms with E-state index in [-0.39, 0.29) is 130 Å². The first kappa shape index (κ1) is 64.7. The van der Waals surface area contributed by atoms with Crippen LogP contribution in [0.5, 0.6) is 0 Å². The molecule has 0 spiro atoms. The monoisotopic (exact) mass is 1560 g/mol. The minimum absolute atomic E-state index is 0. The third-order valence-electron chi connectivity index (χ3n) is 16.1. The molecule has 11 atom stereocenters. The molecule has 81 heavy (non-hydrogen) atoms. The zero-order valence-corrected chi connectivity index (χ0v) is 55.8. The van der Waals surface area contributed by atoms with E-state index in [0.717, 1.165) is 6.92 Å². The van der Waals surface area contributed by atoms with Gasteiger partial charge in [0.2, 0.25) is 6.10 Å². The van der Waals surface area contributed by atoms with Crippen molar-refractivity contribution in [1.82, 2.24) is 5.32 Å². The van der Waals surface area contributed by atoms with Gasteiger partial charge in [0, 0.05) is 125 Å². The molecule has 5 aromatic rings. The maximum atomic E-state index is 15.8. The minimum Gasteiger partial charge on any atom is -0.455 e. The third-order valence-corrected chi connectivity index (χ3v) is 17.4. The van der Waals surface area contributed by atoms with Gasteiger partial charge in [0.25, 0.3) is 5.91 Å². The summed E-state index contributed by atoms with van der Waals surface area (Å²) in [6, 6.07) is 40.7. The van der Waals surface area contributed by atoms with Gasteiger partial charge in [-0.3, -0.25) is 28.0 Å². The van der Waals surface area contributed by atoms with Crippen LogP contribution in [0.4, 0.5) is 0 Å². The van der Waals surface area contributed by atoms with E-state index in [2.05, 4.69) is 5.32 Å². The van der Waals surface area contributed by atoms with Crippen molar-refractivity contribution in [2.24, 2.45) is 16.7 Å². The van der Waals surface area contributed by atoms with E-state index >= 15 is 4.79 Å². The molecular weight excluding hydrogens is 1490 g/mol. The molecule has 2 radical (unpaired) electrons. The summed E-state index contributed by atoms with van der Waals surface area (Å²) < 4.78 is 62.9. The van der Waals surface area contributed by atoms with Crippen LogP contribution in [0, 0.1) is 105 Å². The number of phosphoric ester groups is 1. The van der Waals surface area contributed by atoms with Gasteiger partial charge < -0.3 is 44.3 Å². The number of hydrogen-bond donors (Lipinski definition) is 4. The van der Waals surface area contributed by atoms with Crippen LogP contribution in [0.25, 0.3) is 0 Å². The fourth-order valence-electron chi connectivity index (χ4n) is 11.8. The number of aliphatic hydroxyl groups excluding tert-OH is 1. The molecule has 3 fully saturated rings. The molecule has 1 saturated heterocycles. The second-order valence-electron chi connectivity index (χ2n) is 21.1. The first-order valence-corrected chi connectivity index (χ1v) is 27.4. The third kappa shape index (κ3) is 13.4. The molecule has 18 nitrogen and oxygen atoms in total. The first-order chi connectivity index (χ1) is 37.7. The zero-order chi connectivity index (χ0) is 56.3. The molecule has 0 aromatic heterocycles. The Kier molecular flexibility index (Phi) is 21.6. The van der Waals surface area contributed by atoms with Crippen LogP contribution in [-0.4, -0.2) is 106 Å². The number of benzene rings is 5. The van der Waals surface area contributed by atoms with Crippen molar-refractivity contribution in [1.29, 1.82) is 0 Å². The molecule has 9 rings (SSSR count). The van der Waals surface area contributed by atoms with Gasteiger partial charge in [-0.05, 0) is 65.9 Å². The number of esters is 3. The van der Waals surface area contributed by atoms with E-state index in [4.69, 9.17) is 37.3 Å². The average Bonchev–Trinajstić information content (AvgIpc) is 3.64. The van der Waals surface area contributed by atoms with Crippen LogP contribution in [0.1, 0.15) is 90.9 Å². The summed E-state index contributed by atoms with van der Waals surface area (Å²) >= 11 is 0. The molecule has 9 unspecified atom stereocenters. The number of hydrogen-bond acceptors (Lipinski definition) is 17. The van der Waals surface area contributed by atoms with Gasteiger partial charge in [-0.2, -0.15) is 0 Å². The Morgan fingerprint density at radius 3 is 1.78 bits per heavy atom. The summed E-state index contributed by atoms with van der Waals surface area (Å²) in [5, 5.41) is 42.6. The fourth-order valence-corrected chi connectivity index (χ4v) is 12.8. The van der Waals surface area contributed by atoms with Crippen molar-refractivity contribution in [2.75, 3.05) is 13.4 Å². The van der Waals surface area contributed by atoms with Crippen LogP contribution in [0.15, 0.2) is 163 Å². The van der Waals surface area contributed by atoms with E-state index in [1.807, 2.05) is 12.1 Å². The van der Waals surface area contributed by atoms with Gasteiger partial charge in [-0.1, -0.05) is 141 Å². The molecule has 422 valence electrons. The molecule has 21 heteroatoms. The van der Waals surface area contributed by atoms with Gasteiger partial charge in [0.1, 0.15) is 35.6 Å². The summed E-state index contributed by atoms with van der Waals surface area (Å²) in [7, 11) is -4.49. The zero-order valence-electron chi connectivity index (χ0n) is 45.5. The number of rotatable bonds is 19. The van der Waals surface area contributed by atoms with E-state index in [9.17, 15) is 39.1 Å². The maximum Gasteiger partial charge on any atom is 0.477 e. The summed E-state index contributed by atoms with van der Waals surface area (Å²) in [4.78, 5) is 72.1. The number of aliphatic hydroxyl groups is 3. The summed E-state index contributed by atoms with van der Waals surface area (Å²) in [5.41, 5.74) is -6.35. The van der Waals surface area contributed by atoms with Crippen molar-refractivity contribution in [3.63, 3.8) is 0 Å². The molecule has 1 amide bonds. The van der Waals surface area contributed by atoms with Crippen LogP contribution >= 0.6 is 7.82 Å². The maximum absolute atomic E-state index is 15.8. The number of carbonyl (C=O) groups excluding carboxylic acids is 5. The normalized spacial score (nSPS) is 27.1. The Hall–Kier alpha value is -3.82. The average molecular weight is 1560 g/mol. The van der Waals surface area contributed by atoms with Gasteiger partial charge >= 0.3 is 25.7 Å². The number of ether oxygens (including phenoxy) is 5. The number of phosphoric acid groups is 1. The van der Waals surface area contributed by atoms with Crippen LogP contribution in [0.2, 0.25) is 0 Å². The second kappa shape index (κ2) is 27.0. The predicted octanol–water partition coefficient (Wildman–Crippen LogP) is 7.71. The predicted molar refractivity (Wildman–Crippen MR) is 283 cm³/mol. The molecule has 4 aliphatic rings. The first-order valence-electron chi connectivity index (χ1n) is 26.0. The molecule has 2 bridgehead atoms. The van der Waals surface area contributed by atoms with Crippen molar-refractivity contribution in [2.45, 2.75) is 115 Å². The molecule has 3 aliphatic carbocycles.